The molecule has 2 aromatic heterocycles. The molecule has 0 saturated carbocycles. The lowest BCUT2D eigenvalue weighted by atomic mass is 10.5. The van der Waals surface area contributed by atoms with E-state index in [2.05, 4.69) is 27.3 Å². The molecule has 0 aliphatic heterocycles. The molecule has 0 aliphatic rings. The Morgan fingerprint density at radius 1 is 1.47 bits per heavy atom. The second kappa shape index (κ2) is 5.29. The van der Waals surface area contributed by atoms with Crippen molar-refractivity contribution in [3.05, 3.63) is 24.7 Å². The van der Waals surface area contributed by atoms with Crippen molar-refractivity contribution in [3.8, 4) is 5.88 Å². The standard InChI is InChI=1S/C11H15N5O/c1-3-6-17-10-4-5-12-11(15-10)14-9-7-13-16(2)8-9/h4-5,7-8H,3,6H2,1-2H3,(H,12,14,15). The van der Waals surface area contributed by atoms with Gasteiger partial charge in [-0.25, -0.2) is 4.98 Å². The third kappa shape index (κ3) is 3.17. The predicted molar refractivity (Wildman–Crippen MR) is 64.3 cm³/mol. The molecular formula is C11H15N5O. The molecule has 0 bridgehead atoms. The zero-order chi connectivity index (χ0) is 12.1. The van der Waals surface area contributed by atoms with E-state index >= 15 is 0 Å². The second-order valence-electron chi connectivity index (χ2n) is 3.59. The molecule has 6 heteroatoms. The quantitative estimate of drug-likeness (QED) is 0.852. The lowest BCUT2D eigenvalue weighted by molar-refractivity contribution is 0.305. The fourth-order valence-corrected chi connectivity index (χ4v) is 1.30. The molecule has 2 heterocycles. The average Bonchev–Trinajstić information content (AvgIpc) is 2.73. The SMILES string of the molecule is CCCOc1ccnc(Nc2cnn(C)c2)n1. The van der Waals surface area contributed by atoms with E-state index in [1.165, 1.54) is 0 Å². The number of nitrogens with one attached hydrogen (secondary N) is 1. The van der Waals surface area contributed by atoms with E-state index in [0.29, 0.717) is 18.4 Å². The van der Waals surface area contributed by atoms with Crippen LogP contribution in [0, 0.1) is 0 Å². The number of ether oxygens (including phenoxy) is 1. The lowest BCUT2D eigenvalue weighted by Gasteiger charge is -2.05. The molecule has 90 valence electrons. The highest BCUT2D eigenvalue weighted by molar-refractivity contribution is 5.50. The van der Waals surface area contributed by atoms with Gasteiger partial charge in [0.05, 0.1) is 18.5 Å². The maximum atomic E-state index is 5.43. The molecule has 0 atom stereocenters. The Labute approximate surface area is 99.7 Å². The molecule has 0 unspecified atom stereocenters. The number of hydrogen-bond acceptors (Lipinski definition) is 5. The molecule has 0 spiro atoms. The second-order valence-corrected chi connectivity index (χ2v) is 3.59. The monoisotopic (exact) mass is 233 g/mol. The van der Waals surface area contributed by atoms with Gasteiger partial charge < -0.3 is 10.1 Å². The summed E-state index contributed by atoms with van der Waals surface area (Å²) in [5.74, 6) is 1.08. The van der Waals surface area contributed by atoms with Crippen molar-refractivity contribution in [3.63, 3.8) is 0 Å². The Bertz CT molecular complexity index is 482. The van der Waals surface area contributed by atoms with E-state index in [1.54, 1.807) is 23.1 Å². The molecule has 2 rings (SSSR count). The molecule has 0 saturated heterocycles. The van der Waals surface area contributed by atoms with Gasteiger partial charge in [0.15, 0.2) is 0 Å². The number of rotatable bonds is 5. The van der Waals surface area contributed by atoms with Crippen LogP contribution in [-0.2, 0) is 7.05 Å². The molecule has 1 N–H and O–H groups in total. The van der Waals surface area contributed by atoms with Gasteiger partial charge in [-0.2, -0.15) is 10.1 Å². The first-order valence-corrected chi connectivity index (χ1v) is 5.49. The van der Waals surface area contributed by atoms with E-state index in [9.17, 15) is 0 Å². The van der Waals surface area contributed by atoms with Crippen LogP contribution in [0.15, 0.2) is 24.7 Å². The highest BCUT2D eigenvalue weighted by Crippen LogP contribution is 2.13. The highest BCUT2D eigenvalue weighted by Gasteiger charge is 2.01. The van der Waals surface area contributed by atoms with E-state index in [1.807, 2.05) is 13.2 Å². The maximum Gasteiger partial charge on any atom is 0.230 e. The summed E-state index contributed by atoms with van der Waals surface area (Å²) in [7, 11) is 1.85. The Balaban J connectivity index is 2.05. The summed E-state index contributed by atoms with van der Waals surface area (Å²) in [6.07, 6.45) is 6.18. The summed E-state index contributed by atoms with van der Waals surface area (Å²) >= 11 is 0. The molecule has 0 radical (unpaired) electrons. The summed E-state index contributed by atoms with van der Waals surface area (Å²) in [6, 6.07) is 1.74. The predicted octanol–water partition coefficient (Wildman–Crippen LogP) is 1.74. The van der Waals surface area contributed by atoms with Crippen LogP contribution in [0.5, 0.6) is 5.88 Å². The Morgan fingerprint density at radius 3 is 3.06 bits per heavy atom. The van der Waals surface area contributed by atoms with Gasteiger partial charge in [-0.05, 0) is 6.42 Å². The Morgan fingerprint density at radius 2 is 2.35 bits per heavy atom. The number of aromatic nitrogens is 4. The maximum absolute atomic E-state index is 5.43. The summed E-state index contributed by atoms with van der Waals surface area (Å²) in [6.45, 7) is 2.71. The van der Waals surface area contributed by atoms with Gasteiger partial charge in [-0.3, -0.25) is 4.68 Å². The zero-order valence-electron chi connectivity index (χ0n) is 9.92. The summed E-state index contributed by atoms with van der Waals surface area (Å²) in [5.41, 5.74) is 0.847. The first-order valence-electron chi connectivity index (χ1n) is 5.49. The van der Waals surface area contributed by atoms with Crippen LogP contribution >= 0.6 is 0 Å². The van der Waals surface area contributed by atoms with Gasteiger partial charge >= 0.3 is 0 Å². The minimum atomic E-state index is 0.506. The highest BCUT2D eigenvalue weighted by atomic mass is 16.5. The van der Waals surface area contributed by atoms with Crippen molar-refractivity contribution in [2.75, 3.05) is 11.9 Å². The first-order chi connectivity index (χ1) is 8.28. The normalized spacial score (nSPS) is 10.2. The van der Waals surface area contributed by atoms with Gasteiger partial charge in [0.1, 0.15) is 0 Å². The van der Waals surface area contributed by atoms with E-state index < -0.39 is 0 Å². The minimum Gasteiger partial charge on any atom is -0.478 e. The molecule has 2 aromatic rings. The fraction of sp³-hybridized carbons (Fsp3) is 0.364. The van der Waals surface area contributed by atoms with Crippen LogP contribution in [0.2, 0.25) is 0 Å². The van der Waals surface area contributed by atoms with Gasteiger partial charge in [0.2, 0.25) is 11.8 Å². The Kier molecular flexibility index (Phi) is 3.54. The topological polar surface area (TPSA) is 64.9 Å². The van der Waals surface area contributed by atoms with E-state index in [-0.39, 0.29) is 0 Å². The number of nitrogens with zero attached hydrogens (tertiary/aromatic N) is 4. The molecule has 6 nitrogen and oxygen atoms in total. The van der Waals surface area contributed by atoms with Crippen molar-refractivity contribution in [1.82, 2.24) is 19.7 Å². The van der Waals surface area contributed by atoms with Crippen molar-refractivity contribution < 1.29 is 4.74 Å². The fourth-order valence-electron chi connectivity index (χ4n) is 1.30. The number of hydrogen-bond donors (Lipinski definition) is 1. The van der Waals surface area contributed by atoms with Crippen LogP contribution in [0.4, 0.5) is 11.6 Å². The zero-order valence-corrected chi connectivity index (χ0v) is 9.92. The van der Waals surface area contributed by atoms with E-state index in [0.717, 1.165) is 12.1 Å². The van der Waals surface area contributed by atoms with Gasteiger partial charge in [0.25, 0.3) is 0 Å². The van der Waals surface area contributed by atoms with Crippen LogP contribution in [0.1, 0.15) is 13.3 Å². The summed E-state index contributed by atoms with van der Waals surface area (Å²) < 4.78 is 7.13. The largest absolute Gasteiger partial charge is 0.478 e. The Hall–Kier alpha value is -2.11. The van der Waals surface area contributed by atoms with Crippen LogP contribution in [0.3, 0.4) is 0 Å². The third-order valence-electron chi connectivity index (χ3n) is 2.05. The number of aryl methyl sites for hydroxylation is 1. The lowest BCUT2D eigenvalue weighted by Crippen LogP contribution is -2.01. The van der Waals surface area contributed by atoms with Crippen molar-refractivity contribution in [1.29, 1.82) is 0 Å². The average molecular weight is 233 g/mol. The first kappa shape index (κ1) is 11.4. The van der Waals surface area contributed by atoms with Gasteiger partial charge in [-0.15, -0.1) is 0 Å². The molecule has 0 amide bonds. The number of anilines is 2. The van der Waals surface area contributed by atoms with Crippen molar-refractivity contribution >= 4 is 11.6 Å². The minimum absolute atomic E-state index is 0.506. The molecule has 0 aromatic carbocycles. The van der Waals surface area contributed by atoms with Gasteiger partial charge in [0, 0.05) is 25.5 Å². The molecular weight excluding hydrogens is 218 g/mol. The molecule has 0 aliphatic carbocycles. The van der Waals surface area contributed by atoms with Crippen LogP contribution < -0.4 is 10.1 Å². The van der Waals surface area contributed by atoms with Gasteiger partial charge in [-0.1, -0.05) is 6.92 Å². The smallest absolute Gasteiger partial charge is 0.230 e. The van der Waals surface area contributed by atoms with Crippen LogP contribution in [-0.4, -0.2) is 26.4 Å². The summed E-state index contributed by atoms with van der Waals surface area (Å²) in [4.78, 5) is 8.35. The van der Waals surface area contributed by atoms with Crippen molar-refractivity contribution in [2.45, 2.75) is 13.3 Å². The molecule has 17 heavy (non-hydrogen) atoms. The third-order valence-corrected chi connectivity index (χ3v) is 2.05. The van der Waals surface area contributed by atoms with Crippen LogP contribution in [0.25, 0.3) is 0 Å². The summed E-state index contributed by atoms with van der Waals surface area (Å²) in [5, 5.41) is 7.11. The van der Waals surface area contributed by atoms with Crippen molar-refractivity contribution in [2.24, 2.45) is 7.05 Å². The van der Waals surface area contributed by atoms with E-state index in [4.69, 9.17) is 4.74 Å². The molecule has 0 fully saturated rings.